The molecule has 0 radical (unpaired) electrons. The summed E-state index contributed by atoms with van der Waals surface area (Å²) in [6, 6.07) is 30.0. The third-order valence-electron chi connectivity index (χ3n) is 5.56. The summed E-state index contributed by atoms with van der Waals surface area (Å²) in [6.07, 6.45) is 0. The normalized spacial score (nSPS) is 9.28. The van der Waals surface area contributed by atoms with E-state index >= 15 is 0 Å². The van der Waals surface area contributed by atoms with Crippen LogP contribution < -0.4 is 0 Å². The van der Waals surface area contributed by atoms with Gasteiger partial charge in [-0.2, -0.15) is 0 Å². The van der Waals surface area contributed by atoms with Gasteiger partial charge in [-0.25, -0.2) is 0 Å². The molecule has 0 aliphatic heterocycles. The van der Waals surface area contributed by atoms with Crippen molar-refractivity contribution in [3.05, 3.63) is 142 Å². The highest BCUT2D eigenvalue weighted by molar-refractivity contribution is 8.08. The number of ketones is 2. The third-order valence-corrected chi connectivity index (χ3v) is 5.96. The largest absolute Gasteiger partial charge is 0.295 e. The van der Waals surface area contributed by atoms with E-state index in [1.807, 2.05) is 72.8 Å². The lowest BCUT2D eigenvalue weighted by Gasteiger charge is -2.00. The first kappa shape index (κ1) is 26.9. The fraction of sp³-hybridized carbons (Fsp3) is 0.0556. The highest BCUT2D eigenvalue weighted by Gasteiger charge is 2.05. The van der Waals surface area contributed by atoms with Crippen molar-refractivity contribution in [2.24, 2.45) is 0 Å². The number of carbonyl (C=O) groups is 2. The number of hydrogen-bond donors (Lipinski definition) is 0. The number of hydrogen-bond acceptors (Lipinski definition) is 3. The van der Waals surface area contributed by atoms with Crippen LogP contribution in [0.25, 0.3) is 0 Å². The Morgan fingerprint density at radius 1 is 0.487 bits per heavy atom. The molecule has 4 aromatic rings. The number of benzene rings is 4. The van der Waals surface area contributed by atoms with Crippen molar-refractivity contribution in [1.29, 1.82) is 0 Å². The number of rotatable bonds is 2. The van der Waals surface area contributed by atoms with E-state index in [9.17, 15) is 9.59 Å². The van der Waals surface area contributed by atoms with Crippen LogP contribution in [-0.4, -0.2) is 11.6 Å². The minimum absolute atomic E-state index is 0.0283. The minimum Gasteiger partial charge on any atom is -0.295 e. The maximum atomic E-state index is 11.9. The topological polar surface area (TPSA) is 34.1 Å². The summed E-state index contributed by atoms with van der Waals surface area (Å²) in [5, 5.41) is 6.03. The van der Waals surface area contributed by atoms with Gasteiger partial charge in [0.25, 0.3) is 0 Å². The van der Waals surface area contributed by atoms with E-state index in [0.717, 1.165) is 34.0 Å². The molecule has 0 amide bonds. The lowest BCUT2D eigenvalue weighted by atomic mass is 10.0. The van der Waals surface area contributed by atoms with Crippen LogP contribution in [0.2, 0.25) is 0 Å². The smallest absolute Gasteiger partial charge is 0.159 e. The molecule has 0 atom stereocenters. The molecule has 4 aromatic carbocycles. The van der Waals surface area contributed by atoms with E-state index in [2.05, 4.69) is 46.0 Å². The first-order chi connectivity index (χ1) is 19.0. The van der Waals surface area contributed by atoms with Crippen LogP contribution in [0.15, 0.2) is 97.1 Å². The first-order valence-electron chi connectivity index (χ1n) is 12.1. The van der Waals surface area contributed by atoms with Crippen molar-refractivity contribution in [2.75, 3.05) is 0 Å². The Balaban J connectivity index is 1.59. The SMILES string of the molecule is CC(=O)c1ccc(C#CSC#Cc2ccc(C(C)=O)cc2C#Cc2ccccc2)c(C#Cc2ccccc2)c1. The Labute approximate surface area is 233 Å². The predicted octanol–water partition coefficient (Wildman–Crippen LogP) is 6.94. The summed E-state index contributed by atoms with van der Waals surface area (Å²) in [6.45, 7) is 3.06. The van der Waals surface area contributed by atoms with E-state index in [4.69, 9.17) is 0 Å². The monoisotopic (exact) mass is 518 g/mol. The molecule has 184 valence electrons. The second-order valence-corrected chi connectivity index (χ2v) is 9.03. The Morgan fingerprint density at radius 3 is 1.28 bits per heavy atom. The van der Waals surface area contributed by atoms with Gasteiger partial charge in [-0.1, -0.05) is 84.1 Å². The van der Waals surface area contributed by atoms with Gasteiger partial charge < -0.3 is 0 Å². The molecule has 4 rings (SSSR count). The molecule has 0 spiro atoms. The molecular formula is C36H22O2S. The fourth-order valence-corrected chi connectivity index (χ4v) is 3.83. The predicted molar refractivity (Wildman–Crippen MR) is 159 cm³/mol. The summed E-state index contributed by atoms with van der Waals surface area (Å²) in [5.41, 5.74) is 5.75. The van der Waals surface area contributed by atoms with Crippen LogP contribution in [0.1, 0.15) is 67.9 Å². The molecule has 0 aromatic heterocycles. The van der Waals surface area contributed by atoms with E-state index in [0.29, 0.717) is 22.3 Å². The van der Waals surface area contributed by atoms with Crippen molar-refractivity contribution in [1.82, 2.24) is 0 Å². The lowest BCUT2D eigenvalue weighted by Crippen LogP contribution is -1.95. The van der Waals surface area contributed by atoms with Crippen molar-refractivity contribution in [3.8, 4) is 46.0 Å². The summed E-state index contributed by atoms with van der Waals surface area (Å²) < 4.78 is 0. The average molecular weight is 519 g/mol. The van der Waals surface area contributed by atoms with Crippen LogP contribution in [0.3, 0.4) is 0 Å². The number of Topliss-reactive ketones (excluding diaryl/α,β-unsaturated/α-hetero) is 2. The van der Waals surface area contributed by atoms with Gasteiger partial charge in [0, 0.05) is 56.3 Å². The van der Waals surface area contributed by atoms with E-state index in [1.54, 1.807) is 24.3 Å². The van der Waals surface area contributed by atoms with Crippen LogP contribution in [0.4, 0.5) is 0 Å². The minimum atomic E-state index is -0.0283. The van der Waals surface area contributed by atoms with Gasteiger partial charge in [0.2, 0.25) is 0 Å². The Kier molecular flexibility index (Phi) is 9.22. The van der Waals surface area contributed by atoms with Gasteiger partial charge in [-0.3, -0.25) is 9.59 Å². The van der Waals surface area contributed by atoms with Gasteiger partial charge in [0.05, 0.1) is 0 Å². The zero-order chi connectivity index (χ0) is 27.5. The van der Waals surface area contributed by atoms with Crippen molar-refractivity contribution >= 4 is 23.3 Å². The van der Waals surface area contributed by atoms with E-state index < -0.39 is 0 Å². The third kappa shape index (κ3) is 7.89. The summed E-state index contributed by atoms with van der Waals surface area (Å²) in [7, 11) is 0. The maximum Gasteiger partial charge on any atom is 0.159 e. The molecule has 0 unspecified atom stereocenters. The number of carbonyl (C=O) groups excluding carboxylic acids is 2. The maximum absolute atomic E-state index is 11.9. The summed E-state index contributed by atoms with van der Waals surface area (Å²) in [4.78, 5) is 23.8. The zero-order valence-corrected chi connectivity index (χ0v) is 22.3. The van der Waals surface area contributed by atoms with Gasteiger partial charge in [-0.05, 0) is 72.9 Å². The first-order valence-corrected chi connectivity index (χ1v) is 12.9. The molecule has 0 aliphatic carbocycles. The molecule has 0 saturated heterocycles. The molecule has 0 aliphatic rings. The molecule has 0 fully saturated rings. The molecule has 0 heterocycles. The summed E-state index contributed by atoms with van der Waals surface area (Å²) in [5.74, 6) is 18.7. The van der Waals surface area contributed by atoms with Gasteiger partial charge in [-0.15, -0.1) is 0 Å². The highest BCUT2D eigenvalue weighted by atomic mass is 32.2. The standard InChI is InChI=1S/C36H22O2S/c1-27(37)33-19-17-31(35(25-33)15-13-29-9-5-3-6-10-29)21-23-39-24-22-32-18-20-34(28(2)38)26-36(32)16-14-30-11-7-4-8-12-30/h3-12,17-20,25-26H,1-2H3. The highest BCUT2D eigenvalue weighted by Crippen LogP contribution is 2.14. The Hall–Kier alpha value is -5.19. The van der Waals surface area contributed by atoms with E-state index in [-0.39, 0.29) is 11.6 Å². The Bertz CT molecular complexity index is 1650. The van der Waals surface area contributed by atoms with Crippen molar-refractivity contribution < 1.29 is 9.59 Å². The Morgan fingerprint density at radius 2 is 0.897 bits per heavy atom. The molecule has 0 N–H and O–H groups in total. The van der Waals surface area contributed by atoms with Gasteiger partial charge in [0.1, 0.15) is 0 Å². The second-order valence-electron chi connectivity index (χ2n) is 8.42. The zero-order valence-electron chi connectivity index (χ0n) is 21.5. The molecule has 3 heteroatoms. The van der Waals surface area contributed by atoms with Gasteiger partial charge in [0.15, 0.2) is 11.6 Å². The molecule has 0 saturated carbocycles. The van der Waals surface area contributed by atoms with Crippen LogP contribution in [-0.2, 0) is 0 Å². The van der Waals surface area contributed by atoms with Crippen LogP contribution in [0.5, 0.6) is 0 Å². The molecule has 2 nitrogen and oxygen atoms in total. The van der Waals surface area contributed by atoms with Crippen molar-refractivity contribution in [3.63, 3.8) is 0 Å². The van der Waals surface area contributed by atoms with Crippen molar-refractivity contribution in [2.45, 2.75) is 13.8 Å². The second kappa shape index (κ2) is 13.4. The average Bonchev–Trinajstić information content (AvgIpc) is 2.96. The van der Waals surface area contributed by atoms with Crippen LogP contribution >= 0.6 is 11.8 Å². The van der Waals surface area contributed by atoms with Gasteiger partial charge >= 0.3 is 0 Å². The summed E-state index contributed by atoms with van der Waals surface area (Å²) >= 11 is 1.16. The fourth-order valence-electron chi connectivity index (χ4n) is 3.46. The van der Waals surface area contributed by atoms with Crippen LogP contribution in [0, 0.1) is 46.0 Å². The lowest BCUT2D eigenvalue weighted by molar-refractivity contribution is 0.100. The molecule has 0 bridgehead atoms. The molecular weight excluding hydrogens is 496 g/mol. The quantitative estimate of drug-likeness (QED) is 0.213. The molecule has 39 heavy (non-hydrogen) atoms. The van der Waals surface area contributed by atoms with E-state index in [1.165, 1.54) is 13.8 Å². The number of thioether (sulfide) groups is 1.